The average Bonchev–Trinajstić information content (AvgIpc) is 3.54. The van der Waals surface area contributed by atoms with Gasteiger partial charge in [-0.15, -0.1) is 0 Å². The van der Waals surface area contributed by atoms with E-state index >= 15 is 0 Å². The zero-order valence-electron chi connectivity index (χ0n) is 19.8. The zero-order chi connectivity index (χ0) is 27.7. The van der Waals surface area contributed by atoms with Crippen LogP contribution in [0.1, 0.15) is 39.5 Å². The van der Waals surface area contributed by atoms with Crippen LogP contribution in [0.5, 0.6) is 0 Å². The number of H-pyrrole nitrogens is 1. The number of pyridine rings is 1. The van der Waals surface area contributed by atoms with Crippen LogP contribution in [0, 0.1) is 35.3 Å². The van der Waals surface area contributed by atoms with Gasteiger partial charge in [-0.05, 0) is 42.2 Å². The summed E-state index contributed by atoms with van der Waals surface area (Å²) in [7, 11) is 0. The summed E-state index contributed by atoms with van der Waals surface area (Å²) in [5, 5.41) is 4.81. The predicted molar refractivity (Wildman–Crippen MR) is 133 cm³/mol. The number of aromatic nitrogens is 4. The molecule has 39 heavy (non-hydrogen) atoms. The van der Waals surface area contributed by atoms with E-state index in [1.54, 1.807) is 12.3 Å². The van der Waals surface area contributed by atoms with E-state index in [4.69, 9.17) is 5.73 Å². The van der Waals surface area contributed by atoms with Gasteiger partial charge in [-0.2, -0.15) is 18.3 Å². The van der Waals surface area contributed by atoms with Gasteiger partial charge in [-0.3, -0.25) is 9.48 Å². The molecule has 0 spiro atoms. The molecule has 1 unspecified atom stereocenters. The van der Waals surface area contributed by atoms with Crippen molar-refractivity contribution in [2.45, 2.75) is 18.6 Å². The molecule has 0 radical (unpaired) electrons. The number of hydrogen-bond acceptors (Lipinski definition) is 3. The van der Waals surface area contributed by atoms with Crippen molar-refractivity contribution in [2.24, 2.45) is 5.73 Å². The molecule has 6 nitrogen and oxygen atoms in total. The number of aromatic amines is 1. The Kier molecular flexibility index (Phi) is 6.50. The Morgan fingerprint density at radius 2 is 1.95 bits per heavy atom. The van der Waals surface area contributed by atoms with Gasteiger partial charge in [-0.25, -0.2) is 13.8 Å². The van der Waals surface area contributed by atoms with E-state index < -0.39 is 35.3 Å². The largest absolute Gasteiger partial charge is 0.418 e. The molecule has 3 N–H and O–H groups in total. The van der Waals surface area contributed by atoms with Gasteiger partial charge in [0.1, 0.15) is 22.8 Å². The third-order valence-electron chi connectivity index (χ3n) is 5.98. The van der Waals surface area contributed by atoms with Crippen molar-refractivity contribution in [3.63, 3.8) is 0 Å². The molecule has 11 heteroatoms. The Morgan fingerprint density at radius 3 is 2.72 bits per heavy atom. The van der Waals surface area contributed by atoms with Gasteiger partial charge < -0.3 is 10.7 Å². The third-order valence-corrected chi connectivity index (χ3v) is 5.98. The minimum atomic E-state index is -4.66. The van der Waals surface area contributed by atoms with Gasteiger partial charge >= 0.3 is 6.18 Å². The first-order valence-corrected chi connectivity index (χ1v) is 11.4. The van der Waals surface area contributed by atoms with Crippen LogP contribution in [0.3, 0.4) is 0 Å². The number of nitrogens with zero attached hydrogens (tertiary/aromatic N) is 3. The highest BCUT2D eigenvalue weighted by Gasteiger charge is 2.34. The van der Waals surface area contributed by atoms with Crippen molar-refractivity contribution in [2.75, 3.05) is 0 Å². The monoisotopic (exact) mass is 533 g/mol. The number of rotatable bonds is 4. The predicted octanol–water partition coefficient (Wildman–Crippen LogP) is 5.34. The lowest BCUT2D eigenvalue weighted by molar-refractivity contribution is -0.136. The van der Waals surface area contributed by atoms with E-state index in [-0.39, 0.29) is 28.5 Å². The number of hydrogen-bond donors (Lipinski definition) is 2. The third kappa shape index (κ3) is 5.03. The van der Waals surface area contributed by atoms with Gasteiger partial charge in [0, 0.05) is 41.3 Å². The molecule has 0 saturated carbocycles. The van der Waals surface area contributed by atoms with Crippen molar-refractivity contribution >= 4 is 27.8 Å². The highest BCUT2D eigenvalue weighted by Crippen LogP contribution is 2.35. The molecule has 0 fully saturated rings. The maximum absolute atomic E-state index is 14.7. The molecular formula is C28H16F5N5O. The standard InChI is InChI=1S/C28H16F5N5O/c29-17-9-10-23(30)20(13-17)24(38-15-16-5-4-7-22(25(16)37-38)28(31,32)33)8-3-1-2-6-18-19-11-12-35-27(19)36-14-21(18)26(34)39/h4-5,7,9-15,24H,8H2,(H2,34,39)(H,35,36). The highest BCUT2D eigenvalue weighted by molar-refractivity contribution is 6.00. The van der Waals surface area contributed by atoms with Gasteiger partial charge in [0.05, 0.1) is 22.7 Å². The summed E-state index contributed by atoms with van der Waals surface area (Å²) >= 11 is 0. The SMILES string of the molecule is NC(=O)c1cnc2[nH]ccc2c1C#CC#CCC(c1cc(F)ccc1F)n1cc2cccc(C(F)(F)F)c2n1. The second kappa shape index (κ2) is 9.95. The van der Waals surface area contributed by atoms with Crippen LogP contribution >= 0.6 is 0 Å². The Balaban J connectivity index is 1.54. The number of amides is 1. The Bertz CT molecular complexity index is 1860. The number of primary amides is 1. The molecule has 1 atom stereocenters. The number of halogens is 5. The van der Waals surface area contributed by atoms with Gasteiger partial charge in [0.25, 0.3) is 5.91 Å². The quantitative estimate of drug-likeness (QED) is 0.241. The number of carbonyl (C=O) groups excluding carboxylic acids is 1. The minimum absolute atomic E-state index is 0.0970. The van der Waals surface area contributed by atoms with Gasteiger partial charge in [0.15, 0.2) is 0 Å². The van der Waals surface area contributed by atoms with E-state index in [1.807, 2.05) is 0 Å². The minimum Gasteiger partial charge on any atom is -0.366 e. The topological polar surface area (TPSA) is 89.6 Å². The van der Waals surface area contributed by atoms with E-state index in [9.17, 15) is 26.7 Å². The summed E-state index contributed by atoms with van der Waals surface area (Å²) < 4.78 is 70.5. The molecule has 0 aliphatic heterocycles. The Hall–Kier alpha value is -5.16. The second-order valence-corrected chi connectivity index (χ2v) is 8.44. The smallest absolute Gasteiger partial charge is 0.366 e. The van der Waals surface area contributed by atoms with Crippen molar-refractivity contribution < 1.29 is 26.7 Å². The summed E-state index contributed by atoms with van der Waals surface area (Å²) in [6, 6.07) is 6.99. The van der Waals surface area contributed by atoms with Crippen LogP contribution in [0.4, 0.5) is 22.0 Å². The summed E-state index contributed by atoms with van der Waals surface area (Å²) in [6.07, 6.45) is -0.585. The fourth-order valence-corrected chi connectivity index (χ4v) is 4.18. The zero-order valence-corrected chi connectivity index (χ0v) is 19.8. The van der Waals surface area contributed by atoms with Crippen molar-refractivity contribution in [1.82, 2.24) is 19.7 Å². The number of nitrogens with one attached hydrogen (secondary N) is 1. The van der Waals surface area contributed by atoms with E-state index in [0.29, 0.717) is 16.6 Å². The average molecular weight is 533 g/mol. The maximum Gasteiger partial charge on any atom is 0.418 e. The number of nitrogens with two attached hydrogens (primary N) is 1. The first-order valence-electron chi connectivity index (χ1n) is 11.4. The van der Waals surface area contributed by atoms with Crippen LogP contribution in [0.15, 0.2) is 61.1 Å². The number of benzene rings is 2. The fraction of sp³-hybridized carbons (Fsp3) is 0.107. The van der Waals surface area contributed by atoms with Crippen LogP contribution in [-0.2, 0) is 6.18 Å². The van der Waals surface area contributed by atoms with E-state index in [0.717, 1.165) is 28.9 Å². The molecule has 194 valence electrons. The Labute approximate surface area is 217 Å². The number of carbonyl (C=O) groups is 1. The summed E-state index contributed by atoms with van der Waals surface area (Å²) in [4.78, 5) is 18.8. The molecule has 0 bridgehead atoms. The molecule has 3 heterocycles. The summed E-state index contributed by atoms with van der Waals surface area (Å²) in [5.41, 5.74) is 4.91. The Morgan fingerprint density at radius 1 is 1.13 bits per heavy atom. The molecule has 3 aromatic heterocycles. The first kappa shape index (κ1) is 25.5. The molecular weight excluding hydrogens is 517 g/mol. The van der Waals surface area contributed by atoms with Crippen LogP contribution < -0.4 is 5.73 Å². The second-order valence-electron chi connectivity index (χ2n) is 8.44. The molecule has 0 aliphatic rings. The number of fused-ring (bicyclic) bond motifs is 2. The fourth-order valence-electron chi connectivity index (χ4n) is 4.18. The van der Waals surface area contributed by atoms with Crippen molar-refractivity contribution in [3.8, 4) is 23.7 Å². The molecule has 0 saturated heterocycles. The van der Waals surface area contributed by atoms with E-state index in [2.05, 4.69) is 38.7 Å². The number of alkyl halides is 3. The summed E-state index contributed by atoms with van der Waals surface area (Å²) in [6.45, 7) is 0. The lowest BCUT2D eigenvalue weighted by atomic mass is 10.0. The maximum atomic E-state index is 14.7. The van der Waals surface area contributed by atoms with Crippen molar-refractivity contribution in [3.05, 3.63) is 94.9 Å². The van der Waals surface area contributed by atoms with Crippen LogP contribution in [-0.4, -0.2) is 25.7 Å². The van der Waals surface area contributed by atoms with Gasteiger partial charge in [0.2, 0.25) is 0 Å². The van der Waals surface area contributed by atoms with Crippen LogP contribution in [0.25, 0.3) is 21.9 Å². The normalized spacial score (nSPS) is 12.0. The lowest BCUT2D eigenvalue weighted by Crippen LogP contribution is -2.13. The molecule has 5 aromatic rings. The first-order chi connectivity index (χ1) is 18.6. The molecule has 5 rings (SSSR count). The molecule has 2 aromatic carbocycles. The highest BCUT2D eigenvalue weighted by atomic mass is 19.4. The molecule has 1 amide bonds. The summed E-state index contributed by atoms with van der Waals surface area (Å²) in [5.74, 6) is 8.50. The van der Waals surface area contributed by atoms with E-state index in [1.165, 1.54) is 24.5 Å². The molecule has 0 aliphatic carbocycles. The van der Waals surface area contributed by atoms with Gasteiger partial charge in [-0.1, -0.05) is 24.0 Å². The van der Waals surface area contributed by atoms with Crippen molar-refractivity contribution in [1.29, 1.82) is 0 Å². The van der Waals surface area contributed by atoms with Crippen LogP contribution in [0.2, 0.25) is 0 Å². The lowest BCUT2D eigenvalue weighted by Gasteiger charge is -2.16.